The first-order valence-electron chi connectivity index (χ1n) is 5.53. The smallest absolute Gasteiger partial charge is 0.404 e. The number of hydrogen-bond acceptors (Lipinski definition) is 7. The summed E-state index contributed by atoms with van der Waals surface area (Å²) >= 11 is 0. The largest absolute Gasteiger partial charge is 0.481 e. The molecule has 0 aliphatic carbocycles. The van der Waals surface area contributed by atoms with Crippen molar-refractivity contribution in [2.24, 2.45) is 11.5 Å². The number of hydrogen-bond donors (Lipinski definition) is 4. The molecule has 0 aromatic heterocycles. The molecule has 120 valence electrons. The SMILES string of the molecule is C=C(C)C(=O)OCCOC(N)=O.N[C@@H](CC(=O)O)C(=O)O. The summed E-state index contributed by atoms with van der Waals surface area (Å²) in [5.41, 5.74) is 9.79. The first-order chi connectivity index (χ1) is 9.57. The number of ether oxygens (including phenoxy) is 2. The minimum absolute atomic E-state index is 0.00532. The number of carboxylic acids is 2. The number of rotatable bonds is 7. The van der Waals surface area contributed by atoms with Crippen molar-refractivity contribution in [3.05, 3.63) is 12.2 Å². The zero-order chi connectivity index (χ0) is 17.0. The Hall–Kier alpha value is -2.62. The van der Waals surface area contributed by atoms with Crippen LogP contribution in [-0.4, -0.2) is 53.5 Å². The monoisotopic (exact) mass is 306 g/mol. The van der Waals surface area contributed by atoms with Gasteiger partial charge in [-0.15, -0.1) is 0 Å². The Morgan fingerprint density at radius 1 is 1.14 bits per heavy atom. The van der Waals surface area contributed by atoms with E-state index in [0.29, 0.717) is 5.57 Å². The Balaban J connectivity index is 0. The highest BCUT2D eigenvalue weighted by Crippen LogP contribution is 1.91. The van der Waals surface area contributed by atoms with Crippen molar-refractivity contribution >= 4 is 24.0 Å². The zero-order valence-electron chi connectivity index (χ0n) is 11.4. The van der Waals surface area contributed by atoms with E-state index >= 15 is 0 Å². The van der Waals surface area contributed by atoms with Crippen molar-refractivity contribution < 1.29 is 38.9 Å². The summed E-state index contributed by atoms with van der Waals surface area (Å²) in [6.07, 6.45) is -1.42. The minimum atomic E-state index is -1.29. The second kappa shape index (κ2) is 11.2. The van der Waals surface area contributed by atoms with Crippen LogP contribution < -0.4 is 11.5 Å². The molecule has 0 saturated heterocycles. The van der Waals surface area contributed by atoms with E-state index in [1.54, 1.807) is 0 Å². The molecule has 1 amide bonds. The molecule has 0 aliphatic heterocycles. The van der Waals surface area contributed by atoms with Crippen LogP contribution in [0, 0.1) is 0 Å². The first-order valence-corrected chi connectivity index (χ1v) is 5.53. The summed E-state index contributed by atoms with van der Waals surface area (Å²) in [6, 6.07) is -1.29. The van der Waals surface area contributed by atoms with E-state index in [4.69, 9.17) is 15.9 Å². The van der Waals surface area contributed by atoms with Crippen LogP contribution in [0.2, 0.25) is 0 Å². The van der Waals surface area contributed by atoms with Crippen molar-refractivity contribution in [2.45, 2.75) is 19.4 Å². The van der Waals surface area contributed by atoms with Gasteiger partial charge in [-0.25, -0.2) is 9.59 Å². The molecule has 0 radical (unpaired) electrons. The van der Waals surface area contributed by atoms with Gasteiger partial charge in [-0.1, -0.05) is 6.58 Å². The highest BCUT2D eigenvalue weighted by Gasteiger charge is 2.14. The van der Waals surface area contributed by atoms with Crippen LogP contribution in [0.1, 0.15) is 13.3 Å². The van der Waals surface area contributed by atoms with Crippen LogP contribution >= 0.6 is 0 Å². The summed E-state index contributed by atoms with van der Waals surface area (Å²) < 4.78 is 8.89. The normalized spacial score (nSPS) is 10.4. The Morgan fingerprint density at radius 2 is 1.62 bits per heavy atom. The molecule has 6 N–H and O–H groups in total. The molecule has 10 heteroatoms. The molecule has 10 nitrogen and oxygen atoms in total. The summed E-state index contributed by atoms with van der Waals surface area (Å²) in [5.74, 6) is -3.01. The number of carbonyl (C=O) groups excluding carboxylic acids is 2. The third-order valence-corrected chi connectivity index (χ3v) is 1.62. The average Bonchev–Trinajstić information content (AvgIpc) is 2.33. The molecule has 1 atom stereocenters. The number of esters is 1. The molecule has 0 aliphatic rings. The fourth-order valence-electron chi connectivity index (χ4n) is 0.675. The van der Waals surface area contributed by atoms with E-state index in [2.05, 4.69) is 21.8 Å². The first kappa shape index (κ1) is 20.7. The molecular weight excluding hydrogens is 288 g/mol. The standard InChI is InChI=1S/C7H11NO4.C4H7NO4/c1-5(2)6(9)11-3-4-12-7(8)10;5-2(4(8)9)1-3(6)7/h1,3-4H2,2H3,(H2,8,10);2H,1,5H2,(H,6,7)(H,8,9)/t;2-/m.0/s1. The minimum Gasteiger partial charge on any atom is -0.481 e. The molecule has 0 heterocycles. The topological polar surface area (TPSA) is 179 Å². The van der Waals surface area contributed by atoms with Gasteiger partial charge in [0.1, 0.15) is 19.3 Å². The van der Waals surface area contributed by atoms with Gasteiger partial charge in [0.2, 0.25) is 0 Å². The second-order valence-corrected chi connectivity index (χ2v) is 3.63. The number of primary amides is 1. The lowest BCUT2D eigenvalue weighted by Crippen LogP contribution is -2.32. The number of nitrogens with two attached hydrogens (primary N) is 2. The number of aliphatic carboxylic acids is 2. The molecule has 0 spiro atoms. The quantitative estimate of drug-likeness (QED) is 0.262. The molecule has 21 heavy (non-hydrogen) atoms. The molecule has 0 rings (SSSR count). The van der Waals surface area contributed by atoms with Gasteiger partial charge in [0.15, 0.2) is 0 Å². The molecule has 0 aromatic carbocycles. The van der Waals surface area contributed by atoms with Gasteiger partial charge < -0.3 is 31.2 Å². The van der Waals surface area contributed by atoms with Crippen LogP contribution in [0.5, 0.6) is 0 Å². The van der Waals surface area contributed by atoms with Gasteiger partial charge >= 0.3 is 24.0 Å². The van der Waals surface area contributed by atoms with Crippen LogP contribution in [0.4, 0.5) is 4.79 Å². The predicted molar refractivity (Wildman–Crippen MR) is 69.2 cm³/mol. The van der Waals surface area contributed by atoms with Crippen molar-refractivity contribution in [3.8, 4) is 0 Å². The highest BCUT2D eigenvalue weighted by molar-refractivity contribution is 5.86. The summed E-state index contributed by atoms with van der Waals surface area (Å²) in [6.45, 7) is 4.85. The van der Waals surface area contributed by atoms with E-state index < -0.39 is 36.5 Å². The Labute approximate surface area is 120 Å². The molecule has 0 saturated carbocycles. The molecule has 0 aromatic rings. The van der Waals surface area contributed by atoms with Gasteiger partial charge in [0.05, 0.1) is 6.42 Å². The summed E-state index contributed by atoms with van der Waals surface area (Å²) in [5, 5.41) is 16.0. The van der Waals surface area contributed by atoms with Crippen molar-refractivity contribution in [2.75, 3.05) is 13.2 Å². The fraction of sp³-hybridized carbons (Fsp3) is 0.455. The Bertz CT molecular complexity index is 407. The number of amides is 1. The van der Waals surface area contributed by atoms with Crippen molar-refractivity contribution in [1.82, 2.24) is 0 Å². The number of carbonyl (C=O) groups is 4. The lowest BCUT2D eigenvalue weighted by molar-refractivity contribution is -0.144. The molecule has 0 unspecified atom stereocenters. The van der Waals surface area contributed by atoms with E-state index in [9.17, 15) is 19.2 Å². The Kier molecular flexibility index (Phi) is 11.1. The third-order valence-electron chi connectivity index (χ3n) is 1.62. The van der Waals surface area contributed by atoms with Crippen LogP contribution in [-0.2, 0) is 23.9 Å². The second-order valence-electron chi connectivity index (χ2n) is 3.63. The lowest BCUT2D eigenvalue weighted by atomic mass is 10.2. The molecular formula is C11H18N2O8. The highest BCUT2D eigenvalue weighted by atomic mass is 16.6. The third kappa shape index (κ3) is 15.3. The van der Waals surface area contributed by atoms with Gasteiger partial charge in [-0.3, -0.25) is 9.59 Å². The van der Waals surface area contributed by atoms with Gasteiger partial charge in [0.25, 0.3) is 0 Å². The molecule has 0 fully saturated rings. The fourth-order valence-corrected chi connectivity index (χ4v) is 0.675. The van der Waals surface area contributed by atoms with Crippen molar-refractivity contribution in [3.63, 3.8) is 0 Å². The summed E-state index contributed by atoms with van der Waals surface area (Å²) in [7, 11) is 0. The predicted octanol–water partition coefficient (Wildman–Crippen LogP) is -0.926. The summed E-state index contributed by atoms with van der Waals surface area (Å²) in [4.78, 5) is 40.3. The maximum absolute atomic E-state index is 10.7. The Morgan fingerprint density at radius 3 is 1.90 bits per heavy atom. The van der Waals surface area contributed by atoms with Gasteiger partial charge in [-0.05, 0) is 6.92 Å². The van der Waals surface area contributed by atoms with Gasteiger partial charge in [0, 0.05) is 5.57 Å². The average molecular weight is 306 g/mol. The van der Waals surface area contributed by atoms with Crippen LogP contribution in [0.15, 0.2) is 12.2 Å². The van der Waals surface area contributed by atoms with E-state index in [1.807, 2.05) is 0 Å². The molecule has 0 bridgehead atoms. The van der Waals surface area contributed by atoms with E-state index in [1.165, 1.54) is 6.92 Å². The van der Waals surface area contributed by atoms with E-state index in [-0.39, 0.29) is 13.2 Å². The van der Waals surface area contributed by atoms with Gasteiger partial charge in [-0.2, -0.15) is 0 Å². The maximum atomic E-state index is 10.7. The van der Waals surface area contributed by atoms with Crippen LogP contribution in [0.3, 0.4) is 0 Å². The van der Waals surface area contributed by atoms with E-state index in [0.717, 1.165) is 0 Å². The van der Waals surface area contributed by atoms with Crippen molar-refractivity contribution in [1.29, 1.82) is 0 Å². The zero-order valence-corrected chi connectivity index (χ0v) is 11.4. The lowest BCUT2D eigenvalue weighted by Gasteiger charge is -2.03. The van der Waals surface area contributed by atoms with Crippen LogP contribution in [0.25, 0.3) is 0 Å². The number of carboxylic acid groups (broad SMARTS) is 2. The maximum Gasteiger partial charge on any atom is 0.404 e.